The summed E-state index contributed by atoms with van der Waals surface area (Å²) >= 11 is 8.25. The van der Waals surface area contributed by atoms with Crippen LogP contribution >= 0.6 is 22.9 Å². The van der Waals surface area contributed by atoms with Crippen LogP contribution in [0.3, 0.4) is 0 Å². The van der Waals surface area contributed by atoms with E-state index in [0.29, 0.717) is 6.04 Å². The molecule has 1 N–H and O–H groups in total. The molecule has 0 spiro atoms. The number of hydrogen-bond acceptors (Lipinski definition) is 3. The van der Waals surface area contributed by atoms with Crippen molar-refractivity contribution in [1.29, 1.82) is 0 Å². The van der Waals surface area contributed by atoms with Crippen molar-refractivity contribution >= 4 is 28.6 Å². The average Bonchev–Trinajstić information content (AvgIpc) is 3.18. The maximum atomic E-state index is 6.45. The Morgan fingerprint density at radius 1 is 1.33 bits per heavy atom. The summed E-state index contributed by atoms with van der Waals surface area (Å²) in [7, 11) is 0. The van der Waals surface area contributed by atoms with Crippen LogP contribution in [0.4, 0.5) is 5.69 Å². The average molecular weight is 321 g/mol. The summed E-state index contributed by atoms with van der Waals surface area (Å²) < 4.78 is 0. The van der Waals surface area contributed by atoms with Crippen LogP contribution in [-0.2, 0) is 13.1 Å². The molecule has 0 atom stereocenters. The summed E-state index contributed by atoms with van der Waals surface area (Å²) in [5, 5.41) is 6.51. The van der Waals surface area contributed by atoms with E-state index in [0.717, 1.165) is 24.7 Å². The van der Waals surface area contributed by atoms with Gasteiger partial charge in [0.25, 0.3) is 0 Å². The molecule has 2 nitrogen and oxygen atoms in total. The Hall–Kier alpha value is -1.03. The molecule has 21 heavy (non-hydrogen) atoms. The fourth-order valence-electron chi connectivity index (χ4n) is 2.39. The molecule has 1 aromatic carbocycles. The lowest BCUT2D eigenvalue weighted by Crippen LogP contribution is -2.21. The topological polar surface area (TPSA) is 15.3 Å². The van der Waals surface area contributed by atoms with E-state index < -0.39 is 0 Å². The molecular formula is C17H21ClN2S. The standard InChI is InChI=1S/C17H21ClN2S/c1-2-20(12-16-4-3-9-21-16)15-8-5-13(17(18)10-15)11-19-14-6-7-14/h3-5,8-10,14,19H,2,6-7,11-12H2,1H3. The van der Waals surface area contributed by atoms with E-state index in [1.807, 2.05) is 0 Å². The van der Waals surface area contributed by atoms with E-state index in [2.05, 4.69) is 52.9 Å². The quantitative estimate of drug-likeness (QED) is 0.797. The highest BCUT2D eigenvalue weighted by Crippen LogP contribution is 2.27. The van der Waals surface area contributed by atoms with Gasteiger partial charge in [0.05, 0.1) is 6.54 Å². The van der Waals surface area contributed by atoms with Crippen LogP contribution in [0, 0.1) is 0 Å². The van der Waals surface area contributed by atoms with Gasteiger partial charge in [0.15, 0.2) is 0 Å². The Morgan fingerprint density at radius 2 is 2.19 bits per heavy atom. The zero-order valence-electron chi connectivity index (χ0n) is 12.3. The maximum Gasteiger partial charge on any atom is 0.0522 e. The minimum atomic E-state index is 0.715. The van der Waals surface area contributed by atoms with Crippen molar-refractivity contribution in [2.45, 2.75) is 38.9 Å². The number of benzene rings is 1. The molecule has 1 heterocycles. The molecule has 0 unspecified atom stereocenters. The Kier molecular flexibility index (Phi) is 4.84. The lowest BCUT2D eigenvalue weighted by Gasteiger charge is -2.23. The van der Waals surface area contributed by atoms with Crippen molar-refractivity contribution in [3.63, 3.8) is 0 Å². The molecular weight excluding hydrogens is 300 g/mol. The Balaban J connectivity index is 1.69. The molecule has 112 valence electrons. The number of anilines is 1. The number of hydrogen-bond donors (Lipinski definition) is 1. The van der Waals surface area contributed by atoms with Crippen LogP contribution in [0.15, 0.2) is 35.7 Å². The highest BCUT2D eigenvalue weighted by Gasteiger charge is 2.20. The van der Waals surface area contributed by atoms with Gasteiger partial charge in [-0.1, -0.05) is 23.7 Å². The monoisotopic (exact) mass is 320 g/mol. The number of nitrogens with zero attached hydrogens (tertiary/aromatic N) is 1. The molecule has 2 aromatic rings. The normalized spacial score (nSPS) is 14.4. The van der Waals surface area contributed by atoms with E-state index in [1.54, 1.807) is 11.3 Å². The van der Waals surface area contributed by atoms with Gasteiger partial charge in [-0.05, 0) is 48.9 Å². The molecule has 0 amide bonds. The molecule has 0 radical (unpaired) electrons. The summed E-state index contributed by atoms with van der Waals surface area (Å²) in [5.41, 5.74) is 2.39. The molecule has 0 aliphatic heterocycles. The minimum absolute atomic E-state index is 0.715. The minimum Gasteiger partial charge on any atom is -0.367 e. The predicted octanol–water partition coefficient (Wildman–Crippen LogP) is 4.68. The van der Waals surface area contributed by atoms with Crippen molar-refractivity contribution in [3.8, 4) is 0 Å². The third kappa shape index (κ3) is 4.00. The zero-order chi connectivity index (χ0) is 14.7. The van der Waals surface area contributed by atoms with Crippen LogP contribution in [-0.4, -0.2) is 12.6 Å². The molecule has 1 aliphatic carbocycles. The maximum absolute atomic E-state index is 6.45. The van der Waals surface area contributed by atoms with Gasteiger partial charge in [-0.15, -0.1) is 11.3 Å². The zero-order valence-corrected chi connectivity index (χ0v) is 13.9. The van der Waals surface area contributed by atoms with Gasteiger partial charge in [-0.25, -0.2) is 0 Å². The van der Waals surface area contributed by atoms with E-state index in [4.69, 9.17) is 11.6 Å². The second kappa shape index (κ2) is 6.82. The summed E-state index contributed by atoms with van der Waals surface area (Å²) in [5.74, 6) is 0. The van der Waals surface area contributed by atoms with Crippen molar-refractivity contribution in [2.24, 2.45) is 0 Å². The highest BCUT2D eigenvalue weighted by atomic mass is 35.5. The highest BCUT2D eigenvalue weighted by molar-refractivity contribution is 7.09. The number of halogens is 1. The van der Waals surface area contributed by atoms with Gasteiger partial charge in [0.2, 0.25) is 0 Å². The summed E-state index contributed by atoms with van der Waals surface area (Å²) in [6.07, 6.45) is 2.61. The number of nitrogens with one attached hydrogen (secondary N) is 1. The summed E-state index contributed by atoms with van der Waals surface area (Å²) in [4.78, 5) is 3.74. The molecule has 4 heteroatoms. The van der Waals surface area contributed by atoms with Gasteiger partial charge in [-0.3, -0.25) is 0 Å². The first-order valence-electron chi connectivity index (χ1n) is 7.55. The fourth-order valence-corrected chi connectivity index (χ4v) is 3.36. The largest absolute Gasteiger partial charge is 0.367 e. The molecule has 1 aliphatic rings. The molecule has 3 rings (SSSR count). The Bertz CT molecular complexity index is 578. The fraction of sp³-hybridized carbons (Fsp3) is 0.412. The summed E-state index contributed by atoms with van der Waals surface area (Å²) in [6.45, 7) is 4.99. The SMILES string of the molecule is CCN(Cc1cccs1)c1ccc(CNC2CC2)c(Cl)c1. The third-order valence-corrected chi connectivity index (χ3v) is 5.08. The van der Waals surface area contributed by atoms with Gasteiger partial charge in [-0.2, -0.15) is 0 Å². The van der Waals surface area contributed by atoms with Crippen LogP contribution in [0.25, 0.3) is 0 Å². The van der Waals surface area contributed by atoms with E-state index >= 15 is 0 Å². The first kappa shape index (κ1) is 14.9. The van der Waals surface area contributed by atoms with Gasteiger partial charge >= 0.3 is 0 Å². The second-order valence-electron chi connectivity index (χ2n) is 5.52. The smallest absolute Gasteiger partial charge is 0.0522 e. The molecule has 0 bridgehead atoms. The lowest BCUT2D eigenvalue weighted by molar-refractivity contribution is 0.688. The predicted molar refractivity (Wildman–Crippen MR) is 92.4 cm³/mol. The van der Waals surface area contributed by atoms with Crippen molar-refractivity contribution in [2.75, 3.05) is 11.4 Å². The Morgan fingerprint density at radius 3 is 2.81 bits per heavy atom. The van der Waals surface area contributed by atoms with E-state index in [9.17, 15) is 0 Å². The number of rotatable bonds is 7. The van der Waals surface area contributed by atoms with Crippen LogP contribution < -0.4 is 10.2 Å². The van der Waals surface area contributed by atoms with Gasteiger partial charge in [0.1, 0.15) is 0 Å². The third-order valence-electron chi connectivity index (χ3n) is 3.87. The Labute approximate surface area is 135 Å². The molecule has 1 aromatic heterocycles. The van der Waals surface area contributed by atoms with Crippen LogP contribution in [0.5, 0.6) is 0 Å². The lowest BCUT2D eigenvalue weighted by atomic mass is 10.2. The molecule has 0 saturated heterocycles. The van der Waals surface area contributed by atoms with E-state index in [1.165, 1.54) is 29.0 Å². The van der Waals surface area contributed by atoms with Crippen molar-refractivity contribution < 1.29 is 0 Å². The summed E-state index contributed by atoms with van der Waals surface area (Å²) in [6, 6.07) is 11.4. The van der Waals surface area contributed by atoms with Gasteiger partial charge in [0, 0.05) is 34.7 Å². The van der Waals surface area contributed by atoms with Crippen LogP contribution in [0.2, 0.25) is 5.02 Å². The van der Waals surface area contributed by atoms with Gasteiger partial charge < -0.3 is 10.2 Å². The van der Waals surface area contributed by atoms with Crippen molar-refractivity contribution in [1.82, 2.24) is 5.32 Å². The first-order chi connectivity index (χ1) is 10.3. The number of thiophene rings is 1. The molecule has 1 saturated carbocycles. The first-order valence-corrected chi connectivity index (χ1v) is 8.81. The molecule has 1 fully saturated rings. The second-order valence-corrected chi connectivity index (χ2v) is 6.96. The van der Waals surface area contributed by atoms with E-state index in [-0.39, 0.29) is 0 Å². The van der Waals surface area contributed by atoms with Crippen molar-refractivity contribution in [3.05, 3.63) is 51.2 Å². The van der Waals surface area contributed by atoms with Crippen LogP contribution in [0.1, 0.15) is 30.2 Å².